The largest absolute Gasteiger partial charge is 0.469 e. The van der Waals surface area contributed by atoms with E-state index in [1.165, 1.54) is 18.1 Å². The summed E-state index contributed by atoms with van der Waals surface area (Å²) in [5.41, 5.74) is 0.201. The summed E-state index contributed by atoms with van der Waals surface area (Å²) >= 11 is 0. The maximum Gasteiger partial charge on any atom is 0.309 e. The van der Waals surface area contributed by atoms with Crippen molar-refractivity contribution in [3.63, 3.8) is 0 Å². The van der Waals surface area contributed by atoms with Gasteiger partial charge in [-0.2, -0.15) is 5.26 Å². The third kappa shape index (κ3) is 5.00. The number of methoxy groups -OCH3 is 1. The summed E-state index contributed by atoms with van der Waals surface area (Å²) in [7, 11) is 1.38. The molecule has 1 aromatic rings. The number of carbonyl (C=O) groups excluding carboxylic acids is 2. The van der Waals surface area contributed by atoms with Crippen molar-refractivity contribution < 1.29 is 23.6 Å². The first kappa shape index (κ1) is 18.9. The van der Waals surface area contributed by atoms with Gasteiger partial charge in [-0.3, -0.25) is 9.59 Å². The van der Waals surface area contributed by atoms with E-state index in [2.05, 4.69) is 0 Å². The molecule has 1 aliphatic heterocycles. The first-order valence-corrected chi connectivity index (χ1v) is 8.40. The minimum Gasteiger partial charge on any atom is -0.469 e. The number of hydrogen-bond donors (Lipinski definition) is 1. The third-order valence-electron chi connectivity index (χ3n) is 4.52. The molecule has 6 nitrogen and oxygen atoms in total. The van der Waals surface area contributed by atoms with Crippen molar-refractivity contribution in [2.24, 2.45) is 5.92 Å². The van der Waals surface area contributed by atoms with E-state index < -0.39 is 5.82 Å². The molecule has 1 N–H and O–H groups in total. The summed E-state index contributed by atoms with van der Waals surface area (Å²) in [5.74, 6) is -1.00. The number of piperidine rings is 1. The minimum atomic E-state index is -0.479. The number of para-hydroxylation sites is 1. The Kier molecular flexibility index (Phi) is 6.90. The van der Waals surface area contributed by atoms with Gasteiger partial charge < -0.3 is 14.5 Å². The number of hydrogen-bond acceptors (Lipinski definition) is 4. The number of rotatable bonds is 6. The molecule has 0 aromatic heterocycles. The van der Waals surface area contributed by atoms with Crippen LogP contribution in [0.25, 0.3) is 0 Å². The van der Waals surface area contributed by atoms with Gasteiger partial charge in [-0.1, -0.05) is 12.1 Å². The first-order valence-electron chi connectivity index (χ1n) is 8.40. The van der Waals surface area contributed by atoms with E-state index in [4.69, 9.17) is 10.00 Å². The van der Waals surface area contributed by atoms with Crippen LogP contribution < -0.4 is 9.80 Å². The van der Waals surface area contributed by atoms with Gasteiger partial charge in [0, 0.05) is 19.4 Å². The number of anilines is 1. The summed E-state index contributed by atoms with van der Waals surface area (Å²) < 4.78 is 18.8. The average molecular weight is 348 g/mol. The van der Waals surface area contributed by atoms with Crippen molar-refractivity contribution in [2.45, 2.75) is 19.3 Å². The molecule has 1 amide bonds. The number of likely N-dealkylation sites (tertiary alicyclic amines) is 1. The zero-order valence-corrected chi connectivity index (χ0v) is 14.3. The molecule has 7 heteroatoms. The number of amides is 1. The molecule has 1 aromatic carbocycles. The van der Waals surface area contributed by atoms with Gasteiger partial charge in [0.15, 0.2) is 6.54 Å². The van der Waals surface area contributed by atoms with Crippen molar-refractivity contribution in [3.05, 3.63) is 30.1 Å². The summed E-state index contributed by atoms with van der Waals surface area (Å²) in [6.45, 7) is 1.76. The Labute approximate surface area is 146 Å². The lowest BCUT2D eigenvalue weighted by molar-refractivity contribution is -0.897. The van der Waals surface area contributed by atoms with Crippen LogP contribution in [0.15, 0.2) is 24.3 Å². The second-order valence-corrected chi connectivity index (χ2v) is 6.13. The lowest BCUT2D eigenvalue weighted by Crippen LogP contribution is -3.14. The molecule has 0 aliphatic carbocycles. The van der Waals surface area contributed by atoms with Crippen molar-refractivity contribution in [1.82, 2.24) is 0 Å². The Hall–Kier alpha value is -2.46. The van der Waals surface area contributed by atoms with Crippen molar-refractivity contribution in [2.75, 3.05) is 38.2 Å². The van der Waals surface area contributed by atoms with E-state index in [1.807, 2.05) is 6.07 Å². The highest BCUT2D eigenvalue weighted by Crippen LogP contribution is 2.19. The van der Waals surface area contributed by atoms with Crippen LogP contribution in [-0.4, -0.2) is 45.2 Å². The predicted molar refractivity (Wildman–Crippen MR) is 89.3 cm³/mol. The Bertz CT molecular complexity index is 651. The van der Waals surface area contributed by atoms with Gasteiger partial charge in [0.25, 0.3) is 5.91 Å². The zero-order chi connectivity index (χ0) is 18.2. The van der Waals surface area contributed by atoms with E-state index >= 15 is 0 Å². The molecule has 0 radical (unpaired) electrons. The lowest BCUT2D eigenvalue weighted by atomic mass is 9.97. The zero-order valence-electron chi connectivity index (χ0n) is 14.3. The van der Waals surface area contributed by atoms with E-state index in [0.29, 0.717) is 25.9 Å². The van der Waals surface area contributed by atoms with Crippen LogP contribution in [0.2, 0.25) is 0 Å². The van der Waals surface area contributed by atoms with Gasteiger partial charge in [0.2, 0.25) is 0 Å². The maximum atomic E-state index is 14.0. The summed E-state index contributed by atoms with van der Waals surface area (Å²) in [6, 6.07) is 8.07. The molecule has 0 atom stereocenters. The van der Waals surface area contributed by atoms with Gasteiger partial charge in [-0.05, 0) is 12.1 Å². The molecule has 0 bridgehead atoms. The molecule has 0 unspecified atom stereocenters. The molecule has 1 heterocycles. The first-order chi connectivity index (χ1) is 12.1. The van der Waals surface area contributed by atoms with Crippen LogP contribution in [-0.2, 0) is 14.3 Å². The van der Waals surface area contributed by atoms with E-state index in [-0.39, 0.29) is 43.0 Å². The van der Waals surface area contributed by atoms with Crippen LogP contribution in [0.3, 0.4) is 0 Å². The Morgan fingerprint density at radius 3 is 2.64 bits per heavy atom. The molecule has 0 spiro atoms. The molecule has 25 heavy (non-hydrogen) atoms. The molecular formula is C18H23FN3O3+. The number of carbonyl (C=O) groups is 2. The number of nitrogens with zero attached hydrogens (tertiary/aromatic N) is 2. The molecule has 2 rings (SSSR count). The highest BCUT2D eigenvalue weighted by atomic mass is 19.1. The fraction of sp³-hybridized carbons (Fsp3) is 0.500. The summed E-state index contributed by atoms with van der Waals surface area (Å²) in [4.78, 5) is 26.6. The van der Waals surface area contributed by atoms with Crippen molar-refractivity contribution >= 4 is 17.6 Å². The van der Waals surface area contributed by atoms with Crippen LogP contribution in [0.4, 0.5) is 10.1 Å². The number of nitriles is 1. The number of esters is 1. The standard InChI is InChI=1S/C18H22FN3O3/c1-25-18(24)14-7-11-21(12-8-14)13-17(23)22(10-4-9-20)16-6-3-2-5-15(16)19/h2-3,5-6,14H,4,7-8,10-13H2,1H3/p+1. The third-order valence-corrected chi connectivity index (χ3v) is 4.52. The Morgan fingerprint density at radius 2 is 2.04 bits per heavy atom. The number of halogens is 1. The number of ether oxygens (including phenoxy) is 1. The molecule has 1 saturated heterocycles. The Morgan fingerprint density at radius 1 is 1.36 bits per heavy atom. The van der Waals surface area contributed by atoms with Crippen molar-refractivity contribution in [1.29, 1.82) is 5.26 Å². The van der Waals surface area contributed by atoms with Crippen LogP contribution >= 0.6 is 0 Å². The molecule has 1 fully saturated rings. The molecule has 134 valence electrons. The summed E-state index contributed by atoms with van der Waals surface area (Å²) in [6.07, 6.45) is 1.49. The average Bonchev–Trinajstić information content (AvgIpc) is 2.63. The van der Waals surface area contributed by atoms with Gasteiger partial charge in [-0.15, -0.1) is 0 Å². The van der Waals surface area contributed by atoms with E-state index in [9.17, 15) is 14.0 Å². The molecule has 0 saturated carbocycles. The van der Waals surface area contributed by atoms with E-state index in [1.54, 1.807) is 18.2 Å². The van der Waals surface area contributed by atoms with E-state index in [0.717, 1.165) is 4.90 Å². The second-order valence-electron chi connectivity index (χ2n) is 6.13. The highest BCUT2D eigenvalue weighted by molar-refractivity contribution is 5.94. The quantitative estimate of drug-likeness (QED) is 0.762. The SMILES string of the molecule is COC(=O)C1CC[NH+](CC(=O)N(CCC#N)c2ccccc2F)CC1. The Balaban J connectivity index is 2.00. The topological polar surface area (TPSA) is 74.8 Å². The smallest absolute Gasteiger partial charge is 0.309 e. The predicted octanol–water partition coefficient (Wildman–Crippen LogP) is 0.540. The number of benzene rings is 1. The normalized spacial score (nSPS) is 19.7. The molecule has 1 aliphatic rings. The van der Waals surface area contributed by atoms with Gasteiger partial charge >= 0.3 is 5.97 Å². The lowest BCUT2D eigenvalue weighted by Gasteiger charge is -2.29. The van der Waals surface area contributed by atoms with Crippen LogP contribution in [0, 0.1) is 23.1 Å². The van der Waals surface area contributed by atoms with Crippen molar-refractivity contribution in [3.8, 4) is 6.07 Å². The summed E-state index contributed by atoms with van der Waals surface area (Å²) in [5, 5.41) is 8.81. The monoisotopic (exact) mass is 348 g/mol. The van der Waals surface area contributed by atoms with Gasteiger partial charge in [-0.25, -0.2) is 4.39 Å². The van der Waals surface area contributed by atoms with Crippen LogP contribution in [0.1, 0.15) is 19.3 Å². The fourth-order valence-electron chi connectivity index (χ4n) is 3.13. The second kappa shape index (κ2) is 9.14. The van der Waals surface area contributed by atoms with Crippen LogP contribution in [0.5, 0.6) is 0 Å². The highest BCUT2D eigenvalue weighted by Gasteiger charge is 2.30. The minimum absolute atomic E-state index is 0.106. The number of nitrogens with one attached hydrogen (secondary N) is 1. The fourth-order valence-corrected chi connectivity index (χ4v) is 3.13. The maximum absolute atomic E-state index is 14.0. The number of quaternary nitrogens is 1. The van der Waals surface area contributed by atoms with Gasteiger partial charge in [0.1, 0.15) is 5.82 Å². The van der Waals surface area contributed by atoms with Gasteiger partial charge in [0.05, 0.1) is 44.3 Å². The molecular weight excluding hydrogens is 325 g/mol.